The fourth-order valence-electron chi connectivity index (χ4n) is 4.62. The van der Waals surface area contributed by atoms with Crippen molar-refractivity contribution in [1.29, 1.82) is 0 Å². The third-order valence-corrected chi connectivity index (χ3v) is 6.46. The first-order chi connectivity index (χ1) is 17.2. The van der Waals surface area contributed by atoms with Gasteiger partial charge in [0.1, 0.15) is 23.0 Å². The predicted octanol–water partition coefficient (Wildman–Crippen LogP) is 1.73. The SMILES string of the molecule is C=CC(=O)N1C[C@@H](n2nc(C#Cc3cc4nc(C)n(C)c4cc3F)c(C(N)=O)c2NC)C[C@@H]1COC. The van der Waals surface area contributed by atoms with Crippen molar-refractivity contribution in [1.82, 2.24) is 24.2 Å². The number of rotatable bonds is 6. The molecular weight excluding hydrogens is 465 g/mol. The molecule has 1 aromatic carbocycles. The molecule has 1 aliphatic rings. The van der Waals surface area contributed by atoms with E-state index in [2.05, 4.69) is 33.8 Å². The third kappa shape index (κ3) is 4.31. The second kappa shape index (κ2) is 9.83. The molecule has 3 aromatic rings. The number of benzene rings is 1. The van der Waals surface area contributed by atoms with Crippen LogP contribution in [0.3, 0.4) is 0 Å². The van der Waals surface area contributed by atoms with Gasteiger partial charge in [0.15, 0.2) is 5.69 Å². The van der Waals surface area contributed by atoms with Crippen molar-refractivity contribution in [3.05, 3.63) is 53.3 Å². The first-order valence-electron chi connectivity index (χ1n) is 11.4. The average Bonchev–Trinajstić information content (AvgIpc) is 3.51. The van der Waals surface area contributed by atoms with Crippen LogP contribution in [0.2, 0.25) is 0 Å². The lowest BCUT2D eigenvalue weighted by atomic mass is 10.1. The molecule has 0 saturated carbocycles. The first-order valence-corrected chi connectivity index (χ1v) is 11.4. The van der Waals surface area contributed by atoms with E-state index in [-0.39, 0.29) is 34.8 Å². The maximum atomic E-state index is 14.8. The highest BCUT2D eigenvalue weighted by Crippen LogP contribution is 2.32. The fourth-order valence-corrected chi connectivity index (χ4v) is 4.62. The highest BCUT2D eigenvalue weighted by molar-refractivity contribution is 6.00. The number of nitrogens with zero attached hydrogens (tertiary/aromatic N) is 5. The summed E-state index contributed by atoms with van der Waals surface area (Å²) in [7, 11) is 5.02. The summed E-state index contributed by atoms with van der Waals surface area (Å²) in [6.45, 7) is 6.09. The van der Waals surface area contributed by atoms with Gasteiger partial charge in [-0.05, 0) is 31.4 Å². The number of amides is 2. The number of fused-ring (bicyclic) bond motifs is 1. The fraction of sp³-hybridized carbons (Fsp3) is 0.360. The van der Waals surface area contributed by atoms with Gasteiger partial charge in [0.25, 0.3) is 5.91 Å². The van der Waals surface area contributed by atoms with Crippen LogP contribution in [0.5, 0.6) is 0 Å². The largest absolute Gasteiger partial charge is 0.383 e. The molecule has 3 N–H and O–H groups in total. The van der Waals surface area contributed by atoms with Crippen LogP contribution in [0.4, 0.5) is 10.2 Å². The average molecular weight is 494 g/mol. The molecule has 3 heterocycles. The lowest BCUT2D eigenvalue weighted by Crippen LogP contribution is -2.37. The molecule has 4 rings (SSSR count). The van der Waals surface area contributed by atoms with E-state index in [1.807, 2.05) is 14.0 Å². The Morgan fingerprint density at radius 2 is 2.14 bits per heavy atom. The van der Waals surface area contributed by atoms with Gasteiger partial charge in [-0.2, -0.15) is 5.10 Å². The van der Waals surface area contributed by atoms with E-state index < -0.39 is 11.7 Å². The summed E-state index contributed by atoms with van der Waals surface area (Å²) >= 11 is 0. The Labute approximate surface area is 207 Å². The number of carbonyl (C=O) groups is 2. The van der Waals surface area contributed by atoms with Gasteiger partial charge in [-0.15, -0.1) is 0 Å². The second-order valence-electron chi connectivity index (χ2n) is 8.61. The number of ether oxygens (including phenoxy) is 1. The highest BCUT2D eigenvalue weighted by Gasteiger charge is 2.37. The predicted molar refractivity (Wildman–Crippen MR) is 133 cm³/mol. The minimum absolute atomic E-state index is 0.0944. The Balaban J connectivity index is 1.76. The number of imidazole rings is 1. The summed E-state index contributed by atoms with van der Waals surface area (Å²) in [6, 6.07) is 2.49. The van der Waals surface area contributed by atoms with E-state index in [0.717, 1.165) is 5.82 Å². The maximum absolute atomic E-state index is 14.8. The minimum atomic E-state index is -0.725. The van der Waals surface area contributed by atoms with Gasteiger partial charge in [0, 0.05) is 33.8 Å². The summed E-state index contributed by atoms with van der Waals surface area (Å²) in [5, 5.41) is 7.54. The number of methoxy groups -OCH3 is 1. The van der Waals surface area contributed by atoms with Crippen LogP contribution in [0.25, 0.3) is 11.0 Å². The number of carbonyl (C=O) groups excluding carboxylic acids is 2. The van der Waals surface area contributed by atoms with Crippen molar-refractivity contribution < 1.29 is 18.7 Å². The van der Waals surface area contributed by atoms with Crippen LogP contribution in [-0.4, -0.2) is 69.4 Å². The molecule has 188 valence electrons. The molecule has 36 heavy (non-hydrogen) atoms. The number of anilines is 1. The van der Waals surface area contributed by atoms with E-state index in [1.165, 1.54) is 12.1 Å². The molecule has 0 aliphatic carbocycles. The number of aryl methyl sites for hydroxylation is 2. The lowest BCUT2D eigenvalue weighted by Gasteiger charge is -2.22. The Kier molecular flexibility index (Phi) is 6.81. The molecule has 1 aliphatic heterocycles. The number of halogens is 1. The molecule has 11 heteroatoms. The molecule has 0 radical (unpaired) electrons. The zero-order valence-corrected chi connectivity index (χ0v) is 20.6. The first kappa shape index (κ1) is 24.9. The quantitative estimate of drug-likeness (QED) is 0.399. The molecule has 0 bridgehead atoms. The van der Waals surface area contributed by atoms with Crippen molar-refractivity contribution in [3.8, 4) is 11.8 Å². The maximum Gasteiger partial charge on any atom is 0.255 e. The molecule has 10 nitrogen and oxygen atoms in total. The van der Waals surface area contributed by atoms with E-state index >= 15 is 0 Å². The Morgan fingerprint density at radius 1 is 1.39 bits per heavy atom. The smallest absolute Gasteiger partial charge is 0.255 e. The van der Waals surface area contributed by atoms with E-state index in [1.54, 1.807) is 34.4 Å². The molecule has 0 unspecified atom stereocenters. The number of likely N-dealkylation sites (tertiary alicyclic amines) is 1. The van der Waals surface area contributed by atoms with Gasteiger partial charge in [0.05, 0.1) is 35.3 Å². The minimum Gasteiger partial charge on any atom is -0.383 e. The van der Waals surface area contributed by atoms with Gasteiger partial charge < -0.3 is 25.3 Å². The molecule has 2 aromatic heterocycles. The number of aromatic nitrogens is 4. The highest BCUT2D eigenvalue weighted by atomic mass is 19.1. The van der Waals surface area contributed by atoms with Crippen LogP contribution < -0.4 is 11.1 Å². The monoisotopic (exact) mass is 493 g/mol. The van der Waals surface area contributed by atoms with Gasteiger partial charge >= 0.3 is 0 Å². The van der Waals surface area contributed by atoms with Gasteiger partial charge in [-0.3, -0.25) is 9.59 Å². The number of hydrogen-bond donors (Lipinski definition) is 2. The molecular formula is C25H28FN7O3. The summed E-state index contributed by atoms with van der Waals surface area (Å²) in [5.41, 5.74) is 7.28. The molecule has 0 spiro atoms. The Morgan fingerprint density at radius 3 is 2.78 bits per heavy atom. The van der Waals surface area contributed by atoms with Crippen molar-refractivity contribution >= 4 is 28.7 Å². The molecule has 2 atom stereocenters. The number of nitrogens with two attached hydrogens (primary N) is 1. The van der Waals surface area contributed by atoms with Gasteiger partial charge in [-0.25, -0.2) is 14.1 Å². The van der Waals surface area contributed by atoms with Crippen LogP contribution in [0.15, 0.2) is 24.8 Å². The van der Waals surface area contributed by atoms with E-state index in [9.17, 15) is 14.0 Å². The number of primary amides is 1. The Hall–Kier alpha value is -4.17. The topological polar surface area (TPSA) is 120 Å². The van der Waals surface area contributed by atoms with E-state index in [4.69, 9.17) is 10.5 Å². The normalized spacial score (nSPS) is 17.2. The standard InChI is InChI=1S/C25H28FN7O3/c1-6-22(34)32-12-16(10-17(32)13-36-5)33-25(28-3)23(24(27)35)19(30-33)8-7-15-9-20-21(11-18(15)26)31(4)14(2)29-20/h6,9,11,16-17,28H,1,10,12-13H2,2-5H3,(H2,27,35)/t16-,17+/m0/s1. The number of hydrogen-bond acceptors (Lipinski definition) is 6. The van der Waals surface area contributed by atoms with Crippen LogP contribution in [0, 0.1) is 24.6 Å². The summed E-state index contributed by atoms with van der Waals surface area (Å²) in [6.07, 6.45) is 1.80. The summed E-state index contributed by atoms with van der Waals surface area (Å²) in [5.74, 6) is 5.26. The van der Waals surface area contributed by atoms with Crippen molar-refractivity contribution in [2.24, 2.45) is 12.8 Å². The third-order valence-electron chi connectivity index (χ3n) is 6.46. The van der Waals surface area contributed by atoms with Crippen molar-refractivity contribution in [3.63, 3.8) is 0 Å². The van der Waals surface area contributed by atoms with Crippen LogP contribution in [-0.2, 0) is 16.6 Å². The molecule has 2 amide bonds. The van der Waals surface area contributed by atoms with E-state index in [0.29, 0.717) is 36.4 Å². The van der Waals surface area contributed by atoms with Crippen LogP contribution in [0.1, 0.15) is 39.9 Å². The Bertz CT molecular complexity index is 1430. The summed E-state index contributed by atoms with van der Waals surface area (Å²) in [4.78, 5) is 30.9. The zero-order chi connectivity index (χ0) is 26.1. The van der Waals surface area contributed by atoms with Crippen molar-refractivity contribution in [2.75, 3.05) is 32.6 Å². The summed E-state index contributed by atoms with van der Waals surface area (Å²) < 4.78 is 23.5. The molecule has 1 saturated heterocycles. The number of nitrogens with one attached hydrogen (secondary N) is 1. The zero-order valence-electron chi connectivity index (χ0n) is 20.6. The van der Waals surface area contributed by atoms with Crippen LogP contribution >= 0.6 is 0 Å². The van der Waals surface area contributed by atoms with Crippen molar-refractivity contribution in [2.45, 2.75) is 25.4 Å². The lowest BCUT2D eigenvalue weighted by molar-refractivity contribution is -0.127. The molecule has 1 fully saturated rings. The van der Waals surface area contributed by atoms with Gasteiger partial charge in [0.2, 0.25) is 5.91 Å². The second-order valence-corrected chi connectivity index (χ2v) is 8.61. The van der Waals surface area contributed by atoms with Gasteiger partial charge in [-0.1, -0.05) is 12.5 Å².